The summed E-state index contributed by atoms with van der Waals surface area (Å²) in [5.74, 6) is -0.429. The van der Waals surface area contributed by atoms with Gasteiger partial charge in [0, 0.05) is 22.2 Å². The number of hydrogen-bond acceptors (Lipinski definition) is 2. The Bertz CT molecular complexity index is 797. The molecule has 3 rings (SSSR count). The Hall–Kier alpha value is -1.81. The third-order valence-electron chi connectivity index (χ3n) is 4.41. The lowest BCUT2D eigenvalue weighted by Crippen LogP contribution is -2.21. The minimum absolute atomic E-state index is 0.360. The first-order valence-corrected chi connectivity index (χ1v) is 9.05. The maximum atomic E-state index is 10.8. The van der Waals surface area contributed by atoms with Gasteiger partial charge in [0.15, 0.2) is 0 Å². The van der Waals surface area contributed by atoms with Crippen molar-refractivity contribution in [3.63, 3.8) is 0 Å². The molecule has 2 aromatic carbocycles. The number of rotatable bonds is 6. The second kappa shape index (κ2) is 8.05. The molecular formula is C20H20Cl2N2O. The number of primary amides is 1. The van der Waals surface area contributed by atoms with Crippen LogP contribution >= 0.6 is 23.2 Å². The van der Waals surface area contributed by atoms with Crippen LogP contribution in [0.15, 0.2) is 42.5 Å². The topological polar surface area (TPSA) is 55.1 Å². The average molecular weight is 375 g/mol. The Balaban J connectivity index is 1.60. The first-order valence-electron chi connectivity index (χ1n) is 8.30. The Morgan fingerprint density at radius 2 is 1.96 bits per heavy atom. The fraction of sp³-hybridized carbons (Fsp3) is 0.250. The Morgan fingerprint density at radius 1 is 1.20 bits per heavy atom. The fourth-order valence-corrected chi connectivity index (χ4v) is 3.85. The van der Waals surface area contributed by atoms with E-state index in [9.17, 15) is 4.79 Å². The molecule has 0 radical (unpaired) electrons. The smallest absolute Gasteiger partial charge is 0.241 e. The molecular weight excluding hydrogens is 355 g/mol. The third-order valence-corrected chi connectivity index (χ3v) is 4.85. The molecule has 1 unspecified atom stereocenters. The number of hydrogen-bond donors (Lipinski definition) is 2. The van der Waals surface area contributed by atoms with Crippen molar-refractivity contribution < 1.29 is 4.79 Å². The summed E-state index contributed by atoms with van der Waals surface area (Å²) in [6.07, 6.45) is 6.14. The first kappa shape index (κ1) is 18.0. The van der Waals surface area contributed by atoms with E-state index in [-0.39, 0.29) is 0 Å². The van der Waals surface area contributed by atoms with E-state index in [1.165, 1.54) is 17.2 Å². The van der Waals surface area contributed by atoms with Gasteiger partial charge in [-0.2, -0.15) is 0 Å². The summed E-state index contributed by atoms with van der Waals surface area (Å²) >= 11 is 12.1. The molecule has 0 aromatic heterocycles. The maximum Gasteiger partial charge on any atom is 0.241 e. The fourth-order valence-electron chi connectivity index (χ4n) is 3.28. The maximum absolute atomic E-state index is 10.8. The van der Waals surface area contributed by atoms with Crippen LogP contribution < -0.4 is 11.1 Å². The Morgan fingerprint density at radius 3 is 2.68 bits per heavy atom. The quantitative estimate of drug-likeness (QED) is 0.740. The highest BCUT2D eigenvalue weighted by Gasteiger charge is 2.21. The van der Waals surface area contributed by atoms with Crippen molar-refractivity contribution in [1.29, 1.82) is 0 Å². The molecule has 2 aromatic rings. The van der Waals surface area contributed by atoms with Crippen LogP contribution in [-0.4, -0.2) is 12.5 Å². The van der Waals surface area contributed by atoms with Crippen LogP contribution in [0.4, 0.5) is 0 Å². The van der Waals surface area contributed by atoms with E-state index in [2.05, 4.69) is 17.4 Å². The SMILES string of the molecule is NC(=O)/C=C/c1ccc2c(c1)CCC2NCCc1cc(Cl)cc(Cl)c1. The average Bonchev–Trinajstić information content (AvgIpc) is 2.94. The second-order valence-electron chi connectivity index (χ2n) is 6.27. The van der Waals surface area contributed by atoms with E-state index in [1.54, 1.807) is 12.1 Å². The number of nitrogens with one attached hydrogen (secondary N) is 1. The van der Waals surface area contributed by atoms with Gasteiger partial charge in [-0.05, 0) is 72.3 Å². The van der Waals surface area contributed by atoms with Gasteiger partial charge in [0.1, 0.15) is 0 Å². The number of fused-ring (bicyclic) bond motifs is 1. The molecule has 0 heterocycles. The molecule has 3 nitrogen and oxygen atoms in total. The van der Waals surface area contributed by atoms with Crippen molar-refractivity contribution >= 4 is 35.2 Å². The summed E-state index contributed by atoms with van der Waals surface area (Å²) in [5.41, 5.74) is 9.95. The Kier molecular flexibility index (Phi) is 5.79. The zero-order valence-corrected chi connectivity index (χ0v) is 15.3. The normalized spacial score (nSPS) is 16.3. The molecule has 0 fully saturated rings. The highest BCUT2D eigenvalue weighted by Crippen LogP contribution is 2.32. The van der Waals surface area contributed by atoms with Gasteiger partial charge in [0.2, 0.25) is 5.91 Å². The van der Waals surface area contributed by atoms with Gasteiger partial charge in [0.25, 0.3) is 0 Å². The highest BCUT2D eigenvalue weighted by atomic mass is 35.5. The number of nitrogens with two attached hydrogens (primary N) is 1. The van der Waals surface area contributed by atoms with Crippen molar-refractivity contribution in [3.05, 3.63) is 74.8 Å². The van der Waals surface area contributed by atoms with E-state index in [1.807, 2.05) is 18.2 Å². The van der Waals surface area contributed by atoms with E-state index in [0.29, 0.717) is 16.1 Å². The van der Waals surface area contributed by atoms with Crippen LogP contribution in [0, 0.1) is 0 Å². The molecule has 3 N–H and O–H groups in total. The van der Waals surface area contributed by atoms with Crippen LogP contribution in [0.3, 0.4) is 0 Å². The third kappa shape index (κ3) is 4.85. The largest absolute Gasteiger partial charge is 0.366 e. The molecule has 0 spiro atoms. The van der Waals surface area contributed by atoms with Crippen LogP contribution in [0.25, 0.3) is 6.08 Å². The van der Waals surface area contributed by atoms with Gasteiger partial charge in [-0.3, -0.25) is 4.79 Å². The number of benzene rings is 2. The van der Waals surface area contributed by atoms with Gasteiger partial charge in [-0.1, -0.05) is 41.4 Å². The second-order valence-corrected chi connectivity index (χ2v) is 7.14. The van der Waals surface area contributed by atoms with Gasteiger partial charge >= 0.3 is 0 Å². The molecule has 0 bridgehead atoms. The van der Waals surface area contributed by atoms with Crippen LogP contribution in [0.5, 0.6) is 0 Å². The minimum Gasteiger partial charge on any atom is -0.366 e. The summed E-state index contributed by atoms with van der Waals surface area (Å²) in [6.45, 7) is 0.865. The van der Waals surface area contributed by atoms with Crippen LogP contribution in [0.1, 0.15) is 34.7 Å². The summed E-state index contributed by atoms with van der Waals surface area (Å²) in [5, 5.41) is 4.96. The minimum atomic E-state index is -0.429. The van der Waals surface area contributed by atoms with Crippen molar-refractivity contribution in [1.82, 2.24) is 5.32 Å². The standard InChI is InChI=1S/C20H20Cl2N2O/c21-16-10-14(11-17(22)12-16)7-8-24-19-5-3-15-9-13(1-4-18(15)19)2-6-20(23)25/h1-2,4,6,9-12,19,24H,3,5,7-8H2,(H2,23,25)/b6-2+. The molecule has 5 heteroatoms. The van der Waals surface area contributed by atoms with Crippen molar-refractivity contribution in [2.24, 2.45) is 5.73 Å². The number of aryl methyl sites for hydroxylation is 1. The predicted molar refractivity (Wildman–Crippen MR) is 104 cm³/mol. The first-order chi connectivity index (χ1) is 12.0. The summed E-state index contributed by atoms with van der Waals surface area (Å²) < 4.78 is 0. The number of halogens is 2. The van der Waals surface area contributed by atoms with E-state index >= 15 is 0 Å². The lowest BCUT2D eigenvalue weighted by atomic mass is 10.0. The number of carbonyl (C=O) groups is 1. The van der Waals surface area contributed by atoms with Gasteiger partial charge < -0.3 is 11.1 Å². The molecule has 130 valence electrons. The lowest BCUT2D eigenvalue weighted by molar-refractivity contribution is -0.113. The molecule has 1 atom stereocenters. The van der Waals surface area contributed by atoms with Crippen LogP contribution in [-0.2, 0) is 17.6 Å². The predicted octanol–water partition coefficient (Wildman–Crippen LogP) is 4.31. The zero-order valence-electron chi connectivity index (χ0n) is 13.8. The molecule has 0 aliphatic heterocycles. The van der Waals surface area contributed by atoms with Gasteiger partial charge in [-0.15, -0.1) is 0 Å². The van der Waals surface area contributed by atoms with Crippen molar-refractivity contribution in [2.75, 3.05) is 6.54 Å². The molecule has 25 heavy (non-hydrogen) atoms. The number of carbonyl (C=O) groups excluding carboxylic acids is 1. The lowest BCUT2D eigenvalue weighted by Gasteiger charge is -2.14. The summed E-state index contributed by atoms with van der Waals surface area (Å²) in [7, 11) is 0. The molecule has 0 saturated carbocycles. The van der Waals surface area contributed by atoms with Gasteiger partial charge in [0.05, 0.1) is 0 Å². The van der Waals surface area contributed by atoms with E-state index < -0.39 is 5.91 Å². The number of amides is 1. The Labute approximate surface area is 157 Å². The molecule has 1 amide bonds. The monoisotopic (exact) mass is 374 g/mol. The van der Waals surface area contributed by atoms with Crippen molar-refractivity contribution in [2.45, 2.75) is 25.3 Å². The van der Waals surface area contributed by atoms with Crippen LogP contribution in [0.2, 0.25) is 10.0 Å². The van der Waals surface area contributed by atoms with E-state index in [0.717, 1.165) is 36.9 Å². The van der Waals surface area contributed by atoms with Crippen molar-refractivity contribution in [3.8, 4) is 0 Å². The zero-order chi connectivity index (χ0) is 17.8. The molecule has 1 aliphatic rings. The van der Waals surface area contributed by atoms with Gasteiger partial charge in [-0.25, -0.2) is 0 Å². The van der Waals surface area contributed by atoms with E-state index in [4.69, 9.17) is 28.9 Å². The molecule has 0 saturated heterocycles. The highest BCUT2D eigenvalue weighted by molar-refractivity contribution is 6.34. The summed E-state index contributed by atoms with van der Waals surface area (Å²) in [4.78, 5) is 10.8. The molecule has 1 aliphatic carbocycles. The summed E-state index contributed by atoms with van der Waals surface area (Å²) in [6, 6.07) is 12.3.